The van der Waals surface area contributed by atoms with Crippen molar-refractivity contribution in [3.05, 3.63) is 0 Å². The minimum atomic E-state index is 0.0575. The number of rotatable bonds is 6. The fourth-order valence-corrected chi connectivity index (χ4v) is 3.30. The molecule has 0 aromatic carbocycles. The van der Waals surface area contributed by atoms with E-state index in [1.54, 1.807) is 11.8 Å². The van der Waals surface area contributed by atoms with E-state index in [0.29, 0.717) is 11.8 Å². The van der Waals surface area contributed by atoms with E-state index in [1.807, 2.05) is 11.8 Å². The summed E-state index contributed by atoms with van der Waals surface area (Å²) in [5.74, 6) is 1.79. The summed E-state index contributed by atoms with van der Waals surface area (Å²) in [6.45, 7) is 8.29. The van der Waals surface area contributed by atoms with Crippen molar-refractivity contribution in [2.75, 3.05) is 25.4 Å². The van der Waals surface area contributed by atoms with Crippen LogP contribution in [-0.2, 0) is 4.79 Å². The van der Waals surface area contributed by atoms with Crippen LogP contribution in [0.3, 0.4) is 0 Å². The van der Waals surface area contributed by atoms with Gasteiger partial charge in [-0.2, -0.15) is 0 Å². The van der Waals surface area contributed by atoms with Crippen molar-refractivity contribution < 1.29 is 9.90 Å². The van der Waals surface area contributed by atoms with E-state index >= 15 is 0 Å². The fraction of sp³-hybridized carbons (Fsp3) is 0.923. The van der Waals surface area contributed by atoms with Crippen LogP contribution < -0.4 is 0 Å². The summed E-state index contributed by atoms with van der Waals surface area (Å²) in [6, 6.07) is 0. The van der Waals surface area contributed by atoms with Crippen LogP contribution in [-0.4, -0.2) is 46.6 Å². The molecule has 1 fully saturated rings. The Bertz CT molecular complexity index is 240. The zero-order valence-corrected chi connectivity index (χ0v) is 12.0. The van der Waals surface area contributed by atoms with Crippen LogP contribution in [0.5, 0.6) is 0 Å². The van der Waals surface area contributed by atoms with E-state index in [-0.39, 0.29) is 17.8 Å². The monoisotopic (exact) mass is 259 g/mol. The summed E-state index contributed by atoms with van der Waals surface area (Å²) >= 11 is 1.71. The van der Waals surface area contributed by atoms with E-state index in [1.165, 1.54) is 0 Å². The summed E-state index contributed by atoms with van der Waals surface area (Å²) in [5, 5.41) is 9.09. The summed E-state index contributed by atoms with van der Waals surface area (Å²) in [4.78, 5) is 14.3. The highest BCUT2D eigenvalue weighted by atomic mass is 32.2. The average Bonchev–Trinajstić information content (AvgIpc) is 2.81. The highest BCUT2D eigenvalue weighted by Crippen LogP contribution is 2.25. The molecule has 4 heteroatoms. The molecule has 100 valence electrons. The maximum absolute atomic E-state index is 12.3. The molecule has 0 bridgehead atoms. The standard InChI is InChI=1S/C13H25NO2S/c1-10(2)12(17-9-11(3)8-15)13(16)14-6-4-5-7-14/h10-12,15H,4-9H2,1-3H3. The molecule has 1 aliphatic heterocycles. The zero-order chi connectivity index (χ0) is 12.8. The van der Waals surface area contributed by atoms with Crippen molar-refractivity contribution >= 4 is 17.7 Å². The van der Waals surface area contributed by atoms with Gasteiger partial charge in [0.2, 0.25) is 5.91 Å². The third kappa shape index (κ3) is 4.51. The van der Waals surface area contributed by atoms with E-state index in [9.17, 15) is 4.79 Å². The van der Waals surface area contributed by atoms with Crippen molar-refractivity contribution in [2.45, 2.75) is 38.9 Å². The second-order valence-electron chi connectivity index (χ2n) is 5.32. The van der Waals surface area contributed by atoms with Gasteiger partial charge in [0.05, 0.1) is 5.25 Å². The number of aliphatic hydroxyl groups is 1. The third-order valence-corrected chi connectivity index (χ3v) is 5.01. The number of nitrogens with zero attached hydrogens (tertiary/aromatic N) is 1. The van der Waals surface area contributed by atoms with Gasteiger partial charge in [-0.05, 0) is 30.4 Å². The first kappa shape index (κ1) is 14.8. The van der Waals surface area contributed by atoms with Crippen molar-refractivity contribution in [2.24, 2.45) is 11.8 Å². The molecule has 1 rings (SSSR count). The molecule has 0 aromatic rings. The van der Waals surface area contributed by atoms with Gasteiger partial charge >= 0.3 is 0 Å². The van der Waals surface area contributed by atoms with E-state index in [0.717, 1.165) is 31.7 Å². The zero-order valence-electron chi connectivity index (χ0n) is 11.2. The van der Waals surface area contributed by atoms with Gasteiger partial charge in [0.15, 0.2) is 0 Å². The average molecular weight is 259 g/mol. The topological polar surface area (TPSA) is 40.5 Å². The molecule has 1 saturated heterocycles. The summed E-state index contributed by atoms with van der Waals surface area (Å²) < 4.78 is 0. The first-order valence-electron chi connectivity index (χ1n) is 6.57. The Hall–Kier alpha value is -0.220. The maximum Gasteiger partial charge on any atom is 0.235 e. The first-order valence-corrected chi connectivity index (χ1v) is 7.62. The number of likely N-dealkylation sites (tertiary alicyclic amines) is 1. The van der Waals surface area contributed by atoms with Gasteiger partial charge < -0.3 is 10.0 Å². The number of aliphatic hydroxyl groups excluding tert-OH is 1. The second kappa shape index (κ2) is 7.27. The smallest absolute Gasteiger partial charge is 0.235 e. The Labute approximate surface area is 109 Å². The van der Waals surface area contributed by atoms with Crippen molar-refractivity contribution in [3.8, 4) is 0 Å². The number of carbonyl (C=O) groups excluding carboxylic acids is 1. The predicted octanol–water partition coefficient (Wildman–Crippen LogP) is 1.99. The van der Waals surface area contributed by atoms with Crippen LogP contribution in [0, 0.1) is 11.8 Å². The lowest BCUT2D eigenvalue weighted by Gasteiger charge is -2.26. The molecule has 3 nitrogen and oxygen atoms in total. The lowest BCUT2D eigenvalue weighted by Crippen LogP contribution is -2.38. The van der Waals surface area contributed by atoms with Gasteiger partial charge in [-0.3, -0.25) is 4.79 Å². The first-order chi connectivity index (χ1) is 8.06. The van der Waals surface area contributed by atoms with E-state index < -0.39 is 0 Å². The molecule has 17 heavy (non-hydrogen) atoms. The normalized spacial score (nSPS) is 19.7. The van der Waals surface area contributed by atoms with Gasteiger partial charge in [-0.15, -0.1) is 11.8 Å². The van der Waals surface area contributed by atoms with Crippen LogP contribution in [0.1, 0.15) is 33.6 Å². The fourth-order valence-electron chi connectivity index (χ4n) is 1.99. The molecule has 0 radical (unpaired) electrons. The molecule has 2 atom stereocenters. The SMILES string of the molecule is CC(CO)CSC(C(=O)N1CCCC1)C(C)C. The Morgan fingerprint density at radius 2 is 1.88 bits per heavy atom. The number of hydrogen-bond acceptors (Lipinski definition) is 3. The number of carbonyl (C=O) groups is 1. The lowest BCUT2D eigenvalue weighted by molar-refractivity contribution is -0.130. The van der Waals surface area contributed by atoms with Crippen molar-refractivity contribution in [1.29, 1.82) is 0 Å². The predicted molar refractivity (Wildman–Crippen MR) is 73.1 cm³/mol. The van der Waals surface area contributed by atoms with Crippen LogP contribution in [0.25, 0.3) is 0 Å². The molecule has 0 aromatic heterocycles. The van der Waals surface area contributed by atoms with E-state index in [2.05, 4.69) is 13.8 Å². The van der Waals surface area contributed by atoms with Crippen molar-refractivity contribution in [1.82, 2.24) is 4.90 Å². The Balaban J connectivity index is 2.49. The number of hydrogen-bond donors (Lipinski definition) is 1. The Morgan fingerprint density at radius 3 is 2.35 bits per heavy atom. The highest BCUT2D eigenvalue weighted by molar-refractivity contribution is 8.00. The molecule has 1 heterocycles. The van der Waals surface area contributed by atoms with Crippen LogP contribution in [0.4, 0.5) is 0 Å². The summed E-state index contributed by atoms with van der Waals surface area (Å²) in [6.07, 6.45) is 2.29. The quantitative estimate of drug-likeness (QED) is 0.793. The molecule has 1 aliphatic rings. The summed E-state index contributed by atoms with van der Waals surface area (Å²) in [7, 11) is 0. The number of thioether (sulfide) groups is 1. The molecule has 1 amide bonds. The molecule has 0 spiro atoms. The van der Waals surface area contributed by atoms with Gasteiger partial charge in [0.25, 0.3) is 0 Å². The largest absolute Gasteiger partial charge is 0.396 e. The van der Waals surface area contributed by atoms with Crippen molar-refractivity contribution in [3.63, 3.8) is 0 Å². The van der Waals surface area contributed by atoms with Crippen LogP contribution in [0.15, 0.2) is 0 Å². The lowest BCUT2D eigenvalue weighted by atomic mass is 10.1. The second-order valence-corrected chi connectivity index (χ2v) is 6.49. The molecular weight excluding hydrogens is 234 g/mol. The molecular formula is C13H25NO2S. The van der Waals surface area contributed by atoms with Gasteiger partial charge in [0.1, 0.15) is 0 Å². The minimum absolute atomic E-state index is 0.0575. The highest BCUT2D eigenvalue weighted by Gasteiger charge is 2.29. The van der Waals surface area contributed by atoms with Crippen LogP contribution >= 0.6 is 11.8 Å². The van der Waals surface area contributed by atoms with Crippen LogP contribution in [0.2, 0.25) is 0 Å². The summed E-state index contributed by atoms with van der Waals surface area (Å²) in [5.41, 5.74) is 0. The molecule has 0 saturated carbocycles. The minimum Gasteiger partial charge on any atom is -0.396 e. The maximum atomic E-state index is 12.3. The third-order valence-electron chi connectivity index (χ3n) is 3.14. The van der Waals surface area contributed by atoms with E-state index in [4.69, 9.17) is 5.11 Å². The molecule has 2 unspecified atom stereocenters. The Kier molecular flexibility index (Phi) is 6.34. The van der Waals surface area contributed by atoms with Gasteiger partial charge in [-0.25, -0.2) is 0 Å². The number of amides is 1. The Morgan fingerprint density at radius 1 is 1.29 bits per heavy atom. The van der Waals surface area contributed by atoms with Gasteiger partial charge in [0, 0.05) is 19.7 Å². The molecule has 1 N–H and O–H groups in total. The molecule has 0 aliphatic carbocycles. The van der Waals surface area contributed by atoms with Gasteiger partial charge in [-0.1, -0.05) is 20.8 Å².